The molecule has 238 valence electrons. The van der Waals surface area contributed by atoms with Crippen molar-refractivity contribution in [2.75, 3.05) is 6.54 Å². The Morgan fingerprint density at radius 2 is 1.72 bits per heavy atom. The molecule has 6 atom stereocenters. The number of hydrogen-bond donors (Lipinski definition) is 4. The van der Waals surface area contributed by atoms with Crippen LogP contribution in [0.3, 0.4) is 0 Å². The summed E-state index contributed by atoms with van der Waals surface area (Å²) in [4.78, 5) is 48.7. The Labute approximate surface area is 257 Å². The first kappa shape index (κ1) is 31.6. The summed E-state index contributed by atoms with van der Waals surface area (Å²) in [5.74, 6) is -0.981. The van der Waals surface area contributed by atoms with Gasteiger partial charge in [-0.05, 0) is 60.7 Å². The molecule has 1 aliphatic heterocycles. The summed E-state index contributed by atoms with van der Waals surface area (Å²) in [6, 6.07) is -2.20. The Morgan fingerprint density at radius 3 is 2.19 bits per heavy atom. The molecular formula is C34H53N5O4. The minimum Gasteiger partial charge on any atom is -0.510 e. The number of amides is 3. The first-order valence-corrected chi connectivity index (χ1v) is 16.3. The number of fused-ring (bicyclic) bond motifs is 1. The van der Waals surface area contributed by atoms with E-state index in [9.17, 15) is 19.5 Å². The summed E-state index contributed by atoms with van der Waals surface area (Å²) < 4.78 is 0. The lowest BCUT2D eigenvalue weighted by atomic mass is 9.73. The molecule has 5 aliphatic rings. The molecule has 5 fully saturated rings. The van der Waals surface area contributed by atoms with Gasteiger partial charge in [-0.25, -0.2) is 0 Å². The van der Waals surface area contributed by atoms with Crippen LogP contribution in [0.25, 0.3) is 0 Å². The number of hydrogen-bond acceptors (Lipinski definition) is 5. The van der Waals surface area contributed by atoms with Crippen molar-refractivity contribution in [2.24, 2.45) is 44.2 Å². The summed E-state index contributed by atoms with van der Waals surface area (Å²) in [7, 11) is 0. The molecule has 1 saturated heterocycles. The first-order valence-electron chi connectivity index (χ1n) is 16.3. The number of rotatable bonds is 9. The quantitative estimate of drug-likeness (QED) is 0.136. The molecule has 2 spiro atoms. The topological polar surface area (TPSA) is 137 Å². The maximum absolute atomic E-state index is 14.8. The highest BCUT2D eigenvalue weighted by Crippen LogP contribution is 2.88. The molecule has 9 heteroatoms. The van der Waals surface area contributed by atoms with Gasteiger partial charge in [-0.3, -0.25) is 19.4 Å². The number of nitrogens with one attached hydrogen (secondary N) is 2. The van der Waals surface area contributed by atoms with Crippen molar-refractivity contribution in [3.63, 3.8) is 0 Å². The Morgan fingerprint density at radius 1 is 1.07 bits per heavy atom. The Balaban J connectivity index is 1.47. The van der Waals surface area contributed by atoms with Crippen LogP contribution < -0.4 is 16.4 Å². The standard InChI is InChI=1S/C34H53N5O4/c1-8-23-17-34(23,21(2)40)38-27(41)24-18-33(31(6,7)32(33)15-12-16-32)19-39(24)29(43)25(22-13-10-9-11-14-22)37-28(42)26(36-20-35)30(3,4)5/h8,20,22-26,40H,1-2,9-19H2,3-7H3,(H2,35,36)(H,37,42)(H,38,41)/t23-,24+,25+,26?,33?,34+/m1/s1. The van der Waals surface area contributed by atoms with Crippen molar-refractivity contribution in [1.29, 1.82) is 0 Å². The van der Waals surface area contributed by atoms with Crippen LogP contribution in [0.1, 0.15) is 98.8 Å². The number of carbonyl (C=O) groups is 3. The van der Waals surface area contributed by atoms with Gasteiger partial charge in [-0.15, -0.1) is 6.58 Å². The molecule has 5 rings (SSSR count). The lowest BCUT2D eigenvalue weighted by Crippen LogP contribution is -2.59. The largest absolute Gasteiger partial charge is 0.510 e. The van der Waals surface area contributed by atoms with E-state index in [-0.39, 0.29) is 51.6 Å². The number of aliphatic hydroxyl groups excluding tert-OH is 1. The van der Waals surface area contributed by atoms with Gasteiger partial charge in [0.05, 0.1) is 6.34 Å². The maximum atomic E-state index is 14.8. The van der Waals surface area contributed by atoms with Gasteiger partial charge in [0, 0.05) is 17.9 Å². The van der Waals surface area contributed by atoms with Crippen LogP contribution in [0, 0.1) is 33.5 Å². The van der Waals surface area contributed by atoms with E-state index >= 15 is 0 Å². The fraction of sp³-hybridized carbons (Fsp3) is 0.765. The van der Waals surface area contributed by atoms with E-state index in [1.54, 1.807) is 11.0 Å². The van der Waals surface area contributed by atoms with Crippen LogP contribution in [-0.2, 0) is 14.4 Å². The van der Waals surface area contributed by atoms with Gasteiger partial charge < -0.3 is 26.4 Å². The zero-order valence-corrected chi connectivity index (χ0v) is 26.9. The first-order chi connectivity index (χ1) is 20.1. The maximum Gasteiger partial charge on any atom is 0.246 e. The molecule has 3 amide bonds. The Hall–Kier alpha value is -2.84. The third-order valence-corrected chi connectivity index (χ3v) is 12.5. The highest BCUT2D eigenvalue weighted by molar-refractivity contribution is 5.95. The van der Waals surface area contributed by atoms with E-state index in [4.69, 9.17) is 5.73 Å². The molecule has 0 aromatic carbocycles. The second-order valence-corrected chi connectivity index (χ2v) is 15.7. The third-order valence-electron chi connectivity index (χ3n) is 12.5. The molecule has 1 heterocycles. The molecule has 4 aliphatic carbocycles. The summed E-state index contributed by atoms with van der Waals surface area (Å²) in [5, 5.41) is 16.7. The monoisotopic (exact) mass is 595 g/mol. The number of aliphatic imine (C=N–C) groups is 1. The van der Waals surface area contributed by atoms with Crippen molar-refractivity contribution in [1.82, 2.24) is 15.5 Å². The van der Waals surface area contributed by atoms with Crippen molar-refractivity contribution in [3.8, 4) is 0 Å². The Bertz CT molecular complexity index is 1210. The Kier molecular flexibility index (Phi) is 7.82. The fourth-order valence-electron chi connectivity index (χ4n) is 9.52. The van der Waals surface area contributed by atoms with Crippen LogP contribution >= 0.6 is 0 Å². The molecule has 5 N–H and O–H groups in total. The molecule has 0 radical (unpaired) electrons. The summed E-state index contributed by atoms with van der Waals surface area (Å²) in [6.07, 6.45) is 12.2. The van der Waals surface area contributed by atoms with E-state index in [1.165, 1.54) is 6.42 Å². The minimum atomic E-state index is -0.937. The van der Waals surface area contributed by atoms with Crippen LogP contribution in [0.5, 0.6) is 0 Å². The van der Waals surface area contributed by atoms with Gasteiger partial charge in [0.1, 0.15) is 29.4 Å². The summed E-state index contributed by atoms with van der Waals surface area (Å²) in [5.41, 5.74) is 4.18. The molecule has 0 aromatic rings. The molecule has 0 bridgehead atoms. The minimum absolute atomic E-state index is 0.00403. The van der Waals surface area contributed by atoms with Crippen LogP contribution in [0.15, 0.2) is 30.0 Å². The molecular weight excluding hydrogens is 542 g/mol. The van der Waals surface area contributed by atoms with Gasteiger partial charge >= 0.3 is 0 Å². The summed E-state index contributed by atoms with van der Waals surface area (Å²) >= 11 is 0. The number of likely N-dealkylation sites (tertiary alicyclic amines) is 1. The van der Waals surface area contributed by atoms with Crippen molar-refractivity contribution < 1.29 is 19.5 Å². The zero-order valence-electron chi connectivity index (χ0n) is 26.9. The summed E-state index contributed by atoms with van der Waals surface area (Å²) in [6.45, 7) is 18.5. The van der Waals surface area contributed by atoms with Crippen LogP contribution in [0.2, 0.25) is 0 Å². The SMILES string of the molecule is C=C[C@@H]1C[C@]1(NC(=O)[C@@H]1CC2(CN1C(=O)[C@@H](NC(=O)C(N=CN)C(C)(C)C)C1CCCCC1)C(C)(C)C21CCC1)C(=C)O. The highest BCUT2D eigenvalue weighted by Gasteiger charge is 2.85. The normalized spacial score (nSPS) is 33.9. The van der Waals surface area contributed by atoms with Gasteiger partial charge in [0.15, 0.2) is 0 Å². The van der Waals surface area contributed by atoms with Crippen molar-refractivity contribution in [3.05, 3.63) is 25.0 Å². The van der Waals surface area contributed by atoms with Crippen LogP contribution in [-0.4, -0.2) is 64.3 Å². The van der Waals surface area contributed by atoms with Crippen LogP contribution in [0.4, 0.5) is 0 Å². The molecule has 0 aromatic heterocycles. The number of carbonyl (C=O) groups excluding carboxylic acids is 3. The van der Waals surface area contributed by atoms with Gasteiger partial charge in [-0.1, -0.05) is 73.0 Å². The third kappa shape index (κ3) is 4.71. The fourth-order valence-corrected chi connectivity index (χ4v) is 9.52. The average molecular weight is 596 g/mol. The van der Waals surface area contributed by atoms with Gasteiger partial charge in [-0.2, -0.15) is 0 Å². The van der Waals surface area contributed by atoms with Gasteiger partial charge in [0.2, 0.25) is 17.7 Å². The van der Waals surface area contributed by atoms with E-state index < -0.39 is 29.1 Å². The van der Waals surface area contributed by atoms with Gasteiger partial charge in [0.25, 0.3) is 0 Å². The van der Waals surface area contributed by atoms with Crippen molar-refractivity contribution >= 4 is 24.1 Å². The molecule has 4 saturated carbocycles. The average Bonchev–Trinajstić information content (AvgIpc) is 3.65. The van der Waals surface area contributed by atoms with E-state index in [0.29, 0.717) is 19.4 Å². The van der Waals surface area contributed by atoms with E-state index in [1.807, 2.05) is 20.8 Å². The molecule has 2 unspecified atom stereocenters. The van der Waals surface area contributed by atoms with E-state index in [0.717, 1.165) is 51.3 Å². The van der Waals surface area contributed by atoms with E-state index in [2.05, 4.69) is 42.6 Å². The highest BCUT2D eigenvalue weighted by atomic mass is 16.3. The smallest absolute Gasteiger partial charge is 0.246 e. The number of nitrogens with two attached hydrogens (primary N) is 1. The number of aliphatic hydroxyl groups is 1. The molecule has 9 nitrogen and oxygen atoms in total. The molecule has 43 heavy (non-hydrogen) atoms. The second-order valence-electron chi connectivity index (χ2n) is 15.7. The predicted octanol–water partition coefficient (Wildman–Crippen LogP) is 4.38. The second kappa shape index (κ2) is 10.7. The predicted molar refractivity (Wildman–Crippen MR) is 168 cm³/mol. The zero-order chi connectivity index (χ0) is 31.6. The lowest BCUT2D eigenvalue weighted by molar-refractivity contribution is -0.143. The number of nitrogens with zero attached hydrogens (tertiary/aromatic N) is 2. The lowest BCUT2D eigenvalue weighted by Gasteiger charge is -2.36. The van der Waals surface area contributed by atoms with Crippen molar-refractivity contribution in [2.45, 2.75) is 122 Å².